The van der Waals surface area contributed by atoms with Crippen LogP contribution in [-0.2, 0) is 4.79 Å². The van der Waals surface area contributed by atoms with E-state index >= 15 is 0 Å². The molecule has 0 aliphatic rings. The van der Waals surface area contributed by atoms with E-state index in [0.717, 1.165) is 0 Å². The van der Waals surface area contributed by atoms with Crippen LogP contribution in [0.1, 0.15) is 16.9 Å². The number of hydrogen-bond donors (Lipinski definition) is 2. The van der Waals surface area contributed by atoms with Gasteiger partial charge in [-0.15, -0.1) is 0 Å². The number of ether oxygens (including phenoxy) is 1. The van der Waals surface area contributed by atoms with Crippen molar-refractivity contribution in [2.75, 3.05) is 13.2 Å². The minimum Gasteiger partial charge on any atom is -0.478 e. The number of alkyl halides is 3. The van der Waals surface area contributed by atoms with E-state index in [4.69, 9.17) is 9.84 Å². The van der Waals surface area contributed by atoms with E-state index in [9.17, 15) is 22.8 Å². The molecule has 0 saturated heterocycles. The number of aromatic nitrogens is 1. The molecular weight excluding hydrogens is 281 g/mol. The van der Waals surface area contributed by atoms with Gasteiger partial charge in [-0.25, -0.2) is 9.78 Å². The summed E-state index contributed by atoms with van der Waals surface area (Å²) < 4.78 is 40.6. The van der Waals surface area contributed by atoms with Crippen molar-refractivity contribution in [2.45, 2.75) is 12.6 Å². The van der Waals surface area contributed by atoms with Gasteiger partial charge in [-0.1, -0.05) is 6.07 Å². The molecule has 1 amide bonds. The van der Waals surface area contributed by atoms with E-state index in [1.807, 2.05) is 0 Å². The highest BCUT2D eigenvalue weighted by Crippen LogP contribution is 2.13. The number of nitrogens with one attached hydrogen (secondary N) is 1. The second kappa shape index (κ2) is 6.73. The van der Waals surface area contributed by atoms with Gasteiger partial charge in [0.1, 0.15) is 0 Å². The van der Waals surface area contributed by atoms with Crippen LogP contribution in [0.3, 0.4) is 0 Å². The smallest absolute Gasteiger partial charge is 0.471 e. The first kappa shape index (κ1) is 15.7. The highest BCUT2D eigenvalue weighted by atomic mass is 19.4. The third-order valence-electron chi connectivity index (χ3n) is 2.06. The van der Waals surface area contributed by atoms with E-state index in [1.165, 1.54) is 18.2 Å². The van der Waals surface area contributed by atoms with Gasteiger partial charge in [0.25, 0.3) is 0 Å². The number of amides is 1. The zero-order valence-corrected chi connectivity index (χ0v) is 10.1. The lowest BCUT2D eigenvalue weighted by Crippen LogP contribution is -2.37. The zero-order chi connectivity index (χ0) is 15.2. The Kier molecular flexibility index (Phi) is 5.30. The summed E-state index contributed by atoms with van der Waals surface area (Å²) in [5, 5.41) is 10.4. The van der Waals surface area contributed by atoms with Crippen LogP contribution in [0.5, 0.6) is 5.88 Å². The van der Waals surface area contributed by atoms with E-state index < -0.39 is 18.1 Å². The molecule has 0 unspecified atom stereocenters. The van der Waals surface area contributed by atoms with Crippen molar-refractivity contribution < 1.29 is 32.6 Å². The third-order valence-corrected chi connectivity index (χ3v) is 2.06. The molecule has 0 saturated carbocycles. The molecule has 1 aromatic rings. The Morgan fingerprint density at radius 2 is 2.05 bits per heavy atom. The summed E-state index contributed by atoms with van der Waals surface area (Å²) in [6.07, 6.45) is -4.78. The number of nitrogens with zero attached hydrogens (tertiary/aromatic N) is 1. The molecule has 1 aromatic heterocycles. The monoisotopic (exact) mass is 292 g/mol. The van der Waals surface area contributed by atoms with Gasteiger partial charge < -0.3 is 15.2 Å². The maximum Gasteiger partial charge on any atom is 0.471 e. The highest BCUT2D eigenvalue weighted by molar-refractivity contribution is 5.85. The second-order valence-electron chi connectivity index (χ2n) is 3.62. The predicted octanol–water partition coefficient (Wildman–Crippen LogP) is 1.23. The number of carboxylic acids is 1. The average Bonchev–Trinajstić information content (AvgIpc) is 2.37. The molecule has 0 aromatic carbocycles. The number of pyridine rings is 1. The van der Waals surface area contributed by atoms with Crippen LogP contribution in [0, 0.1) is 0 Å². The fourth-order valence-corrected chi connectivity index (χ4v) is 1.17. The third kappa shape index (κ3) is 5.12. The van der Waals surface area contributed by atoms with Crippen molar-refractivity contribution in [2.24, 2.45) is 0 Å². The molecule has 0 spiro atoms. The minimum absolute atomic E-state index is 0.00574. The fourth-order valence-electron chi connectivity index (χ4n) is 1.17. The number of hydrogen-bond acceptors (Lipinski definition) is 4. The number of carbonyl (C=O) groups excluding carboxylic acids is 1. The van der Waals surface area contributed by atoms with Crippen LogP contribution in [0.15, 0.2) is 18.2 Å². The molecule has 0 aliphatic heterocycles. The molecule has 0 fully saturated rings. The lowest BCUT2D eigenvalue weighted by molar-refractivity contribution is -0.173. The van der Waals surface area contributed by atoms with E-state index in [-0.39, 0.29) is 31.1 Å². The zero-order valence-electron chi connectivity index (χ0n) is 10.1. The van der Waals surface area contributed by atoms with Crippen LogP contribution < -0.4 is 10.1 Å². The summed E-state index contributed by atoms with van der Waals surface area (Å²) in [5.74, 6) is -3.18. The highest BCUT2D eigenvalue weighted by Gasteiger charge is 2.38. The van der Waals surface area contributed by atoms with E-state index in [2.05, 4.69) is 4.98 Å². The van der Waals surface area contributed by atoms with Crippen molar-refractivity contribution in [1.82, 2.24) is 10.3 Å². The number of halogens is 3. The molecule has 0 aliphatic carbocycles. The minimum atomic E-state index is -4.90. The summed E-state index contributed by atoms with van der Waals surface area (Å²) in [5.41, 5.74) is -0.201. The van der Waals surface area contributed by atoms with Crippen LogP contribution >= 0.6 is 0 Å². The molecule has 0 radical (unpaired) electrons. The van der Waals surface area contributed by atoms with Gasteiger partial charge in [-0.05, 0) is 12.5 Å². The van der Waals surface area contributed by atoms with Crippen LogP contribution in [0.25, 0.3) is 0 Å². The summed E-state index contributed by atoms with van der Waals surface area (Å²) in [4.78, 5) is 24.7. The lowest BCUT2D eigenvalue weighted by Gasteiger charge is -2.08. The van der Waals surface area contributed by atoms with Gasteiger partial charge in [0.05, 0.1) is 6.61 Å². The summed E-state index contributed by atoms with van der Waals surface area (Å²) in [7, 11) is 0. The van der Waals surface area contributed by atoms with Gasteiger partial charge in [0.15, 0.2) is 5.69 Å². The number of rotatable bonds is 6. The molecule has 6 nitrogen and oxygen atoms in total. The first-order valence-corrected chi connectivity index (χ1v) is 5.49. The van der Waals surface area contributed by atoms with Crippen molar-refractivity contribution in [3.63, 3.8) is 0 Å². The Hall–Kier alpha value is -2.32. The number of aromatic carboxylic acids is 1. The lowest BCUT2D eigenvalue weighted by atomic mass is 10.3. The molecular formula is C11H11F3N2O4. The number of carbonyl (C=O) groups is 2. The van der Waals surface area contributed by atoms with Gasteiger partial charge in [0, 0.05) is 12.6 Å². The predicted molar refractivity (Wildman–Crippen MR) is 60.4 cm³/mol. The molecule has 1 heterocycles. The Bertz CT molecular complexity index is 491. The SMILES string of the molecule is O=C(O)c1cccc(OCCCNC(=O)C(F)(F)F)n1. The standard InChI is InChI=1S/C11H11F3N2O4/c12-11(13,14)10(19)15-5-2-6-20-8-4-1-3-7(16-8)9(17)18/h1,3-4H,2,5-6H2,(H,15,19)(H,17,18). The van der Waals surface area contributed by atoms with E-state index in [0.29, 0.717) is 0 Å². The van der Waals surface area contributed by atoms with Crippen molar-refractivity contribution in [1.29, 1.82) is 0 Å². The maximum absolute atomic E-state index is 11.8. The van der Waals surface area contributed by atoms with Gasteiger partial charge in [-0.3, -0.25) is 4.79 Å². The molecule has 20 heavy (non-hydrogen) atoms. The Morgan fingerprint density at radius 1 is 1.35 bits per heavy atom. The Morgan fingerprint density at radius 3 is 2.65 bits per heavy atom. The second-order valence-corrected chi connectivity index (χ2v) is 3.62. The van der Waals surface area contributed by atoms with Gasteiger partial charge in [-0.2, -0.15) is 13.2 Å². The first-order chi connectivity index (χ1) is 9.30. The summed E-state index contributed by atoms with van der Waals surface area (Å²) in [6.45, 7) is -0.217. The molecule has 1 rings (SSSR count). The molecule has 2 N–H and O–H groups in total. The quantitative estimate of drug-likeness (QED) is 0.770. The van der Waals surface area contributed by atoms with Crippen LogP contribution in [0.2, 0.25) is 0 Å². The van der Waals surface area contributed by atoms with Gasteiger partial charge in [0.2, 0.25) is 5.88 Å². The van der Waals surface area contributed by atoms with Crippen molar-refractivity contribution in [3.05, 3.63) is 23.9 Å². The fraction of sp³-hybridized carbons (Fsp3) is 0.364. The maximum atomic E-state index is 11.8. The van der Waals surface area contributed by atoms with Crippen molar-refractivity contribution in [3.8, 4) is 5.88 Å². The van der Waals surface area contributed by atoms with E-state index in [1.54, 1.807) is 5.32 Å². The Labute approximate surface area is 111 Å². The summed E-state index contributed by atoms with van der Waals surface area (Å²) in [6, 6.07) is 4.12. The average molecular weight is 292 g/mol. The first-order valence-electron chi connectivity index (χ1n) is 5.49. The molecule has 9 heteroatoms. The van der Waals surface area contributed by atoms with Crippen LogP contribution in [-0.4, -0.2) is 41.3 Å². The topological polar surface area (TPSA) is 88.5 Å². The normalized spacial score (nSPS) is 10.9. The largest absolute Gasteiger partial charge is 0.478 e. The molecule has 110 valence electrons. The Balaban J connectivity index is 2.30. The summed E-state index contributed by atoms with van der Waals surface area (Å²) >= 11 is 0. The molecule has 0 atom stereocenters. The van der Waals surface area contributed by atoms with Gasteiger partial charge >= 0.3 is 18.1 Å². The van der Waals surface area contributed by atoms with Crippen LogP contribution in [0.4, 0.5) is 13.2 Å². The van der Waals surface area contributed by atoms with Crippen molar-refractivity contribution >= 4 is 11.9 Å². The molecule has 0 bridgehead atoms. The number of carboxylic acid groups (broad SMARTS) is 1.